The van der Waals surface area contributed by atoms with Crippen molar-refractivity contribution in [1.82, 2.24) is 4.90 Å². The van der Waals surface area contributed by atoms with Gasteiger partial charge in [0.15, 0.2) is 12.9 Å². The molecule has 2 aromatic carbocycles. The summed E-state index contributed by atoms with van der Waals surface area (Å²) < 4.78 is 5.44. The number of hydrogen-bond acceptors (Lipinski definition) is 4. The van der Waals surface area contributed by atoms with Crippen LogP contribution >= 0.6 is 0 Å². The smallest absolute Gasteiger partial charge is 0.262 e. The number of hydrogen-bond donors (Lipinski definition) is 1. The van der Waals surface area contributed by atoms with Crippen LogP contribution in [0.1, 0.15) is 40.0 Å². The number of aldehydes is 1. The van der Waals surface area contributed by atoms with E-state index in [1.165, 1.54) is 0 Å². The van der Waals surface area contributed by atoms with Gasteiger partial charge in [-0.1, -0.05) is 24.3 Å². The first kappa shape index (κ1) is 18.6. The topological polar surface area (TPSA) is 75.7 Å². The number of para-hydroxylation sites is 2. The summed E-state index contributed by atoms with van der Waals surface area (Å²) in [5.41, 5.74) is 1.32. The van der Waals surface area contributed by atoms with Gasteiger partial charge in [0.2, 0.25) is 0 Å². The Balaban J connectivity index is 1.65. The molecule has 140 valence electrons. The van der Waals surface area contributed by atoms with Crippen molar-refractivity contribution in [2.24, 2.45) is 0 Å². The summed E-state index contributed by atoms with van der Waals surface area (Å²) in [6.07, 6.45) is 3.83. The van der Waals surface area contributed by atoms with E-state index in [4.69, 9.17) is 4.74 Å². The quantitative estimate of drug-likeness (QED) is 0.797. The van der Waals surface area contributed by atoms with Gasteiger partial charge in [-0.15, -0.1) is 0 Å². The molecular weight excluding hydrogens is 344 g/mol. The predicted octanol–water partition coefficient (Wildman–Crippen LogP) is 3.14. The normalized spacial score (nSPS) is 13.7. The maximum atomic E-state index is 12.8. The molecule has 1 saturated heterocycles. The molecule has 0 radical (unpaired) electrons. The number of nitrogens with zero attached hydrogens (tertiary/aromatic N) is 1. The van der Waals surface area contributed by atoms with Crippen LogP contribution in [0.25, 0.3) is 0 Å². The van der Waals surface area contributed by atoms with Crippen LogP contribution in [0.5, 0.6) is 5.75 Å². The molecule has 1 heterocycles. The van der Waals surface area contributed by atoms with Gasteiger partial charge in [0, 0.05) is 13.1 Å². The summed E-state index contributed by atoms with van der Waals surface area (Å²) in [7, 11) is 0. The number of ether oxygens (including phenoxy) is 1. The van der Waals surface area contributed by atoms with Crippen LogP contribution in [0.3, 0.4) is 0 Å². The molecule has 6 nitrogen and oxygen atoms in total. The summed E-state index contributed by atoms with van der Waals surface area (Å²) in [6, 6.07) is 13.7. The number of anilines is 1. The van der Waals surface area contributed by atoms with Gasteiger partial charge in [-0.3, -0.25) is 14.4 Å². The van der Waals surface area contributed by atoms with Gasteiger partial charge in [-0.25, -0.2) is 0 Å². The highest BCUT2D eigenvalue weighted by atomic mass is 16.5. The average molecular weight is 366 g/mol. The Morgan fingerprint density at radius 2 is 1.70 bits per heavy atom. The van der Waals surface area contributed by atoms with Crippen molar-refractivity contribution in [3.8, 4) is 5.75 Å². The van der Waals surface area contributed by atoms with Gasteiger partial charge >= 0.3 is 0 Å². The number of carbonyl (C=O) groups excluding carboxylic acids is 3. The Hall–Kier alpha value is -3.15. The second kappa shape index (κ2) is 8.98. The van der Waals surface area contributed by atoms with Crippen molar-refractivity contribution >= 4 is 23.8 Å². The van der Waals surface area contributed by atoms with Crippen LogP contribution in [-0.2, 0) is 4.79 Å². The van der Waals surface area contributed by atoms with Crippen LogP contribution in [0.2, 0.25) is 0 Å². The molecule has 0 saturated carbocycles. The summed E-state index contributed by atoms with van der Waals surface area (Å²) in [4.78, 5) is 37.9. The highest BCUT2D eigenvalue weighted by Gasteiger charge is 2.21. The molecule has 27 heavy (non-hydrogen) atoms. The van der Waals surface area contributed by atoms with Gasteiger partial charge in [-0.2, -0.15) is 0 Å². The van der Waals surface area contributed by atoms with Crippen LogP contribution in [-0.4, -0.2) is 42.7 Å². The minimum Gasteiger partial charge on any atom is -0.483 e. The summed E-state index contributed by atoms with van der Waals surface area (Å²) in [5, 5.41) is 2.74. The maximum Gasteiger partial charge on any atom is 0.262 e. The fourth-order valence-corrected chi connectivity index (χ4v) is 3.08. The van der Waals surface area contributed by atoms with E-state index in [-0.39, 0.29) is 12.5 Å². The lowest BCUT2D eigenvalue weighted by atomic mass is 10.1. The first-order valence-electron chi connectivity index (χ1n) is 9.04. The second-order valence-corrected chi connectivity index (χ2v) is 6.39. The van der Waals surface area contributed by atoms with Gasteiger partial charge in [0.05, 0.1) is 16.8 Å². The summed E-state index contributed by atoms with van der Waals surface area (Å²) in [5.74, 6) is -0.118. The van der Waals surface area contributed by atoms with Crippen molar-refractivity contribution in [3.63, 3.8) is 0 Å². The molecule has 0 bridgehead atoms. The van der Waals surface area contributed by atoms with Crippen LogP contribution in [0.4, 0.5) is 5.69 Å². The number of likely N-dealkylation sites (tertiary alicyclic amines) is 1. The van der Waals surface area contributed by atoms with Crippen molar-refractivity contribution in [2.75, 3.05) is 25.0 Å². The molecular formula is C21H22N2O4. The monoisotopic (exact) mass is 366 g/mol. The average Bonchev–Trinajstić information content (AvgIpc) is 2.73. The molecule has 3 rings (SSSR count). The van der Waals surface area contributed by atoms with E-state index in [2.05, 4.69) is 5.32 Å². The van der Waals surface area contributed by atoms with Crippen molar-refractivity contribution in [3.05, 3.63) is 59.7 Å². The fourth-order valence-electron chi connectivity index (χ4n) is 3.08. The molecule has 0 aliphatic carbocycles. The van der Waals surface area contributed by atoms with E-state index in [1.54, 1.807) is 48.5 Å². The predicted molar refractivity (Wildman–Crippen MR) is 102 cm³/mol. The lowest BCUT2D eigenvalue weighted by molar-refractivity contribution is -0.118. The Morgan fingerprint density at radius 1 is 1.00 bits per heavy atom. The van der Waals surface area contributed by atoms with Crippen molar-refractivity contribution < 1.29 is 19.1 Å². The fraction of sp³-hybridized carbons (Fsp3) is 0.286. The van der Waals surface area contributed by atoms with E-state index in [0.29, 0.717) is 28.8 Å². The number of benzene rings is 2. The first-order chi connectivity index (χ1) is 13.2. The number of piperidine rings is 1. The van der Waals surface area contributed by atoms with E-state index in [9.17, 15) is 14.4 Å². The highest BCUT2D eigenvalue weighted by molar-refractivity contribution is 6.04. The van der Waals surface area contributed by atoms with Crippen LogP contribution in [0.15, 0.2) is 48.5 Å². The Bertz CT molecular complexity index is 828. The standard InChI is InChI=1S/C21H22N2O4/c24-14-16-8-2-5-11-19(16)27-15-20(25)22-18-10-4-3-9-17(18)21(26)23-12-6-1-7-13-23/h2-5,8-11,14H,1,6-7,12-13,15H2,(H,22,25). The SMILES string of the molecule is O=Cc1ccccc1OCC(=O)Nc1ccccc1C(=O)N1CCCCC1. The third kappa shape index (κ3) is 4.73. The molecule has 0 unspecified atom stereocenters. The molecule has 1 aliphatic rings. The minimum absolute atomic E-state index is 0.0715. The molecule has 2 amide bonds. The molecule has 2 aromatic rings. The number of nitrogens with one attached hydrogen (secondary N) is 1. The van der Waals surface area contributed by atoms with E-state index >= 15 is 0 Å². The maximum absolute atomic E-state index is 12.8. The Morgan fingerprint density at radius 3 is 2.48 bits per heavy atom. The number of amides is 2. The molecule has 0 aromatic heterocycles. The van der Waals surface area contributed by atoms with Gasteiger partial charge < -0.3 is 15.0 Å². The zero-order chi connectivity index (χ0) is 19.1. The largest absolute Gasteiger partial charge is 0.483 e. The summed E-state index contributed by atoms with van der Waals surface area (Å²) >= 11 is 0. The molecule has 1 N–H and O–H groups in total. The molecule has 1 fully saturated rings. The lowest BCUT2D eigenvalue weighted by Gasteiger charge is -2.27. The van der Waals surface area contributed by atoms with E-state index in [1.807, 2.05) is 4.90 Å². The third-order valence-electron chi connectivity index (χ3n) is 4.48. The molecule has 0 atom stereocenters. The van der Waals surface area contributed by atoms with Crippen molar-refractivity contribution in [2.45, 2.75) is 19.3 Å². The van der Waals surface area contributed by atoms with Crippen LogP contribution < -0.4 is 10.1 Å². The van der Waals surface area contributed by atoms with Gasteiger partial charge in [-0.05, 0) is 43.5 Å². The van der Waals surface area contributed by atoms with Gasteiger partial charge in [0.1, 0.15) is 5.75 Å². The van der Waals surface area contributed by atoms with Crippen LogP contribution in [0, 0.1) is 0 Å². The first-order valence-corrected chi connectivity index (χ1v) is 9.04. The Labute approximate surface area is 158 Å². The molecule has 1 aliphatic heterocycles. The third-order valence-corrected chi connectivity index (χ3v) is 4.48. The highest BCUT2D eigenvalue weighted by Crippen LogP contribution is 2.20. The molecule has 0 spiro atoms. The summed E-state index contributed by atoms with van der Waals surface area (Å²) in [6.45, 7) is 1.23. The number of carbonyl (C=O) groups is 3. The van der Waals surface area contributed by atoms with Gasteiger partial charge in [0.25, 0.3) is 11.8 Å². The van der Waals surface area contributed by atoms with E-state index < -0.39 is 5.91 Å². The zero-order valence-corrected chi connectivity index (χ0v) is 15.0. The molecule has 6 heteroatoms. The lowest BCUT2D eigenvalue weighted by Crippen LogP contribution is -2.36. The van der Waals surface area contributed by atoms with E-state index in [0.717, 1.165) is 32.4 Å². The Kier molecular flexibility index (Phi) is 6.20. The van der Waals surface area contributed by atoms with Crippen molar-refractivity contribution in [1.29, 1.82) is 0 Å². The minimum atomic E-state index is -0.394. The zero-order valence-electron chi connectivity index (χ0n) is 15.0. The second-order valence-electron chi connectivity index (χ2n) is 6.39. The number of rotatable bonds is 6.